The van der Waals surface area contributed by atoms with Crippen molar-refractivity contribution in [2.75, 3.05) is 13.1 Å². The molecule has 1 aliphatic rings. The maximum absolute atomic E-state index is 12.2. The lowest BCUT2D eigenvalue weighted by molar-refractivity contribution is -0.131. The van der Waals surface area contributed by atoms with Crippen LogP contribution in [0.3, 0.4) is 0 Å². The summed E-state index contributed by atoms with van der Waals surface area (Å²) in [4.78, 5) is 14.9. The van der Waals surface area contributed by atoms with E-state index in [0.29, 0.717) is 19.0 Å². The molecule has 96 valence electrons. The average Bonchev–Trinajstić information content (AvgIpc) is 2.73. The first kappa shape index (κ1) is 13.8. The van der Waals surface area contributed by atoms with Gasteiger partial charge >= 0.3 is 0 Å². The Bertz CT molecular complexity index is 302. The largest absolute Gasteiger partial charge is 0.355 e. The van der Waals surface area contributed by atoms with Gasteiger partial charge in [0, 0.05) is 23.4 Å². The van der Waals surface area contributed by atoms with Crippen molar-refractivity contribution in [3.63, 3.8) is 0 Å². The molecule has 1 fully saturated rings. The zero-order chi connectivity index (χ0) is 12.7. The first-order valence-corrected chi connectivity index (χ1v) is 6.40. The number of amides is 1. The van der Waals surface area contributed by atoms with Crippen LogP contribution in [0.5, 0.6) is 0 Å². The Morgan fingerprint density at radius 3 is 2.65 bits per heavy atom. The van der Waals surface area contributed by atoms with Gasteiger partial charge in [-0.3, -0.25) is 4.79 Å². The Balaban J connectivity index is 2.51. The Labute approximate surface area is 103 Å². The summed E-state index contributed by atoms with van der Waals surface area (Å²) in [5, 5.41) is 6.32. The summed E-state index contributed by atoms with van der Waals surface area (Å²) < 4.78 is 0. The minimum Gasteiger partial charge on any atom is -0.355 e. The van der Waals surface area contributed by atoms with Crippen molar-refractivity contribution in [2.24, 2.45) is 16.4 Å². The summed E-state index contributed by atoms with van der Waals surface area (Å²) in [6.07, 6.45) is 5.25. The van der Waals surface area contributed by atoms with Crippen LogP contribution in [-0.4, -0.2) is 19.0 Å². The smallest absolute Gasteiger partial charge is 0.226 e. The van der Waals surface area contributed by atoms with Crippen molar-refractivity contribution >= 4 is 5.91 Å². The number of hydrogen-bond acceptors (Lipinski definition) is 2. The normalized spacial score (nSPS) is 17.8. The van der Waals surface area contributed by atoms with Crippen LogP contribution in [0.1, 0.15) is 46.0 Å². The summed E-state index contributed by atoms with van der Waals surface area (Å²) in [6, 6.07) is 0. The molecule has 0 unspecified atom stereocenters. The molecule has 0 heterocycles. The highest BCUT2D eigenvalue weighted by Crippen LogP contribution is 2.43. The maximum atomic E-state index is 12.2. The third kappa shape index (κ3) is 3.93. The Morgan fingerprint density at radius 1 is 1.47 bits per heavy atom. The van der Waals surface area contributed by atoms with Gasteiger partial charge in [0.25, 0.3) is 0 Å². The first-order chi connectivity index (χ1) is 8.10. The highest BCUT2D eigenvalue weighted by molar-refractivity contribution is 5.82. The van der Waals surface area contributed by atoms with Crippen molar-refractivity contribution in [1.82, 2.24) is 5.32 Å². The summed E-state index contributed by atoms with van der Waals surface area (Å²) in [7, 11) is 0. The van der Waals surface area contributed by atoms with Gasteiger partial charge in [-0.1, -0.05) is 31.8 Å². The van der Waals surface area contributed by atoms with E-state index in [2.05, 4.69) is 29.2 Å². The molecule has 0 aliphatic heterocycles. The molecule has 0 spiro atoms. The third-order valence-electron chi connectivity index (χ3n) is 3.40. The quantitative estimate of drug-likeness (QED) is 0.328. The molecule has 17 heavy (non-hydrogen) atoms. The van der Waals surface area contributed by atoms with Crippen molar-refractivity contribution in [3.8, 4) is 0 Å². The molecule has 1 rings (SSSR count). The highest BCUT2D eigenvalue weighted by atomic mass is 16.2. The van der Waals surface area contributed by atoms with Crippen LogP contribution in [0.4, 0.5) is 0 Å². The standard InChI is InChI=1S/C12H22N4O/c1-10(2)9-12(5-3-4-6-12)11(17)14-7-8-15-16-13/h10H,3-9H2,1-2H3,(H,14,17). The highest BCUT2D eigenvalue weighted by Gasteiger charge is 2.40. The lowest BCUT2D eigenvalue weighted by atomic mass is 9.77. The molecule has 1 aliphatic carbocycles. The van der Waals surface area contributed by atoms with E-state index in [4.69, 9.17) is 5.53 Å². The van der Waals surface area contributed by atoms with Crippen molar-refractivity contribution in [3.05, 3.63) is 10.4 Å². The Morgan fingerprint density at radius 2 is 2.12 bits per heavy atom. The van der Waals surface area contributed by atoms with E-state index < -0.39 is 0 Å². The Kier molecular flexibility index (Phi) is 5.29. The van der Waals surface area contributed by atoms with Gasteiger partial charge in [-0.25, -0.2) is 0 Å². The van der Waals surface area contributed by atoms with Crippen LogP contribution in [-0.2, 0) is 4.79 Å². The lowest BCUT2D eigenvalue weighted by Crippen LogP contribution is -2.41. The van der Waals surface area contributed by atoms with Gasteiger partial charge in [0.1, 0.15) is 0 Å². The van der Waals surface area contributed by atoms with E-state index in [9.17, 15) is 4.79 Å². The average molecular weight is 238 g/mol. The van der Waals surface area contributed by atoms with E-state index in [-0.39, 0.29) is 11.3 Å². The topological polar surface area (TPSA) is 77.9 Å². The van der Waals surface area contributed by atoms with Crippen LogP contribution >= 0.6 is 0 Å². The first-order valence-electron chi connectivity index (χ1n) is 6.40. The molecule has 0 atom stereocenters. The van der Waals surface area contributed by atoms with Crippen LogP contribution in [0, 0.1) is 11.3 Å². The molecule has 1 N–H and O–H groups in total. The third-order valence-corrected chi connectivity index (χ3v) is 3.40. The number of rotatable bonds is 6. The molecular formula is C12H22N4O. The Hall–Kier alpha value is -1.22. The number of hydrogen-bond donors (Lipinski definition) is 1. The second kappa shape index (κ2) is 6.50. The van der Waals surface area contributed by atoms with E-state index >= 15 is 0 Å². The SMILES string of the molecule is CC(C)CC1(C(=O)NCCN=[N+]=[N-])CCCC1. The predicted molar refractivity (Wildman–Crippen MR) is 67.4 cm³/mol. The molecule has 1 saturated carbocycles. The van der Waals surface area contributed by atoms with Crippen LogP contribution in [0.25, 0.3) is 10.4 Å². The van der Waals surface area contributed by atoms with E-state index in [0.717, 1.165) is 32.1 Å². The monoisotopic (exact) mass is 238 g/mol. The molecule has 0 aromatic carbocycles. The molecule has 0 radical (unpaired) electrons. The number of nitrogens with one attached hydrogen (secondary N) is 1. The maximum Gasteiger partial charge on any atom is 0.226 e. The number of nitrogens with zero attached hydrogens (tertiary/aromatic N) is 3. The summed E-state index contributed by atoms with van der Waals surface area (Å²) in [5.41, 5.74) is 8.00. The molecule has 0 aromatic rings. The molecule has 5 heteroatoms. The fourth-order valence-corrected chi connectivity index (χ4v) is 2.81. The number of carbonyl (C=O) groups is 1. The molecule has 5 nitrogen and oxygen atoms in total. The van der Waals surface area contributed by atoms with E-state index in [1.54, 1.807) is 0 Å². The number of azide groups is 1. The van der Waals surface area contributed by atoms with Crippen molar-refractivity contribution < 1.29 is 4.79 Å². The molecular weight excluding hydrogens is 216 g/mol. The zero-order valence-corrected chi connectivity index (χ0v) is 10.8. The second-order valence-corrected chi connectivity index (χ2v) is 5.30. The van der Waals surface area contributed by atoms with E-state index in [1.807, 2.05) is 0 Å². The van der Waals surface area contributed by atoms with E-state index in [1.165, 1.54) is 0 Å². The van der Waals surface area contributed by atoms with Gasteiger partial charge in [-0.05, 0) is 30.7 Å². The van der Waals surface area contributed by atoms with Gasteiger partial charge < -0.3 is 5.32 Å². The summed E-state index contributed by atoms with van der Waals surface area (Å²) in [6.45, 7) is 5.10. The van der Waals surface area contributed by atoms with Crippen LogP contribution in [0.2, 0.25) is 0 Å². The predicted octanol–water partition coefficient (Wildman–Crippen LogP) is 3.02. The van der Waals surface area contributed by atoms with Gasteiger partial charge in [-0.2, -0.15) is 0 Å². The molecule has 0 aromatic heterocycles. The zero-order valence-electron chi connectivity index (χ0n) is 10.8. The van der Waals surface area contributed by atoms with Crippen molar-refractivity contribution in [1.29, 1.82) is 0 Å². The molecule has 1 amide bonds. The van der Waals surface area contributed by atoms with Gasteiger partial charge in [0.2, 0.25) is 5.91 Å². The van der Waals surface area contributed by atoms with Gasteiger partial charge in [0.05, 0.1) is 0 Å². The summed E-state index contributed by atoms with van der Waals surface area (Å²) in [5.74, 6) is 0.688. The van der Waals surface area contributed by atoms with Crippen LogP contribution < -0.4 is 5.32 Å². The number of carbonyl (C=O) groups excluding carboxylic acids is 1. The van der Waals surface area contributed by atoms with Crippen LogP contribution in [0.15, 0.2) is 5.11 Å². The summed E-state index contributed by atoms with van der Waals surface area (Å²) >= 11 is 0. The second-order valence-electron chi connectivity index (χ2n) is 5.30. The van der Waals surface area contributed by atoms with Gasteiger partial charge in [-0.15, -0.1) is 0 Å². The molecule has 0 bridgehead atoms. The van der Waals surface area contributed by atoms with Gasteiger partial charge in [0.15, 0.2) is 0 Å². The fourth-order valence-electron chi connectivity index (χ4n) is 2.81. The lowest BCUT2D eigenvalue weighted by Gasteiger charge is -2.29. The fraction of sp³-hybridized carbons (Fsp3) is 0.917. The molecule has 0 saturated heterocycles. The minimum absolute atomic E-state index is 0.150. The van der Waals surface area contributed by atoms with Crippen molar-refractivity contribution in [2.45, 2.75) is 46.0 Å². The minimum atomic E-state index is -0.162.